The Bertz CT molecular complexity index is 815. The van der Waals surface area contributed by atoms with E-state index in [1.54, 1.807) is 18.1 Å². The van der Waals surface area contributed by atoms with E-state index in [1.165, 1.54) is 0 Å². The maximum Gasteiger partial charge on any atom is 0.227 e. The lowest BCUT2D eigenvalue weighted by molar-refractivity contribution is -0.126. The first-order valence-corrected chi connectivity index (χ1v) is 8.71. The van der Waals surface area contributed by atoms with Gasteiger partial charge in [0.15, 0.2) is 0 Å². The molecule has 1 aliphatic rings. The van der Waals surface area contributed by atoms with E-state index in [2.05, 4.69) is 10.4 Å². The van der Waals surface area contributed by atoms with E-state index in [0.29, 0.717) is 25.4 Å². The highest BCUT2D eigenvalue weighted by molar-refractivity contribution is 6.00. The molecule has 2 heterocycles. The minimum absolute atomic E-state index is 0.0445. The number of nitrogens with zero attached hydrogens (tertiary/aromatic N) is 3. The predicted octanol–water partition coefficient (Wildman–Crippen LogP) is 1.68. The molecule has 0 aliphatic carbocycles. The number of anilines is 1. The van der Waals surface area contributed by atoms with Gasteiger partial charge in [0.25, 0.3) is 0 Å². The molecule has 7 nitrogen and oxygen atoms in total. The van der Waals surface area contributed by atoms with Crippen molar-refractivity contribution in [3.8, 4) is 5.75 Å². The Morgan fingerprint density at radius 1 is 1.35 bits per heavy atom. The fraction of sp³-hybridized carbons (Fsp3) is 0.421. The smallest absolute Gasteiger partial charge is 0.227 e. The molecule has 26 heavy (non-hydrogen) atoms. The molecule has 7 heteroatoms. The first-order chi connectivity index (χ1) is 12.5. The Balaban J connectivity index is 1.55. The summed E-state index contributed by atoms with van der Waals surface area (Å²) in [7, 11) is 1.59. The predicted molar refractivity (Wildman–Crippen MR) is 98.2 cm³/mol. The van der Waals surface area contributed by atoms with Crippen LogP contribution in [0.1, 0.15) is 17.8 Å². The molecule has 138 valence electrons. The van der Waals surface area contributed by atoms with E-state index >= 15 is 0 Å². The van der Waals surface area contributed by atoms with Gasteiger partial charge in [0.05, 0.1) is 25.3 Å². The van der Waals surface area contributed by atoms with Gasteiger partial charge in [-0.3, -0.25) is 14.3 Å². The minimum atomic E-state index is -0.339. The normalized spacial score (nSPS) is 16.8. The van der Waals surface area contributed by atoms with Crippen LogP contribution >= 0.6 is 0 Å². The minimum Gasteiger partial charge on any atom is -0.497 e. The molecule has 3 rings (SSSR count). The third-order valence-corrected chi connectivity index (χ3v) is 4.59. The number of amides is 2. The largest absolute Gasteiger partial charge is 0.497 e. The maximum atomic E-state index is 12.4. The van der Waals surface area contributed by atoms with Gasteiger partial charge in [-0.15, -0.1) is 0 Å². The van der Waals surface area contributed by atoms with Crippen molar-refractivity contribution in [3.63, 3.8) is 0 Å². The Morgan fingerprint density at radius 2 is 2.15 bits per heavy atom. The lowest BCUT2D eigenvalue weighted by Crippen LogP contribution is -2.35. The number of methoxy groups -OCH3 is 1. The third kappa shape index (κ3) is 3.87. The Kier molecular flexibility index (Phi) is 5.25. The zero-order valence-corrected chi connectivity index (χ0v) is 15.4. The maximum absolute atomic E-state index is 12.4. The van der Waals surface area contributed by atoms with Gasteiger partial charge in [-0.2, -0.15) is 5.10 Å². The number of carbonyl (C=O) groups excluding carboxylic acids is 2. The van der Waals surface area contributed by atoms with Gasteiger partial charge in [0.2, 0.25) is 11.8 Å². The second-order valence-electron chi connectivity index (χ2n) is 6.55. The van der Waals surface area contributed by atoms with Gasteiger partial charge in [-0.25, -0.2) is 0 Å². The molecule has 1 saturated heterocycles. The van der Waals surface area contributed by atoms with E-state index in [1.807, 2.05) is 42.8 Å². The molecule has 1 fully saturated rings. The van der Waals surface area contributed by atoms with Crippen molar-refractivity contribution in [1.29, 1.82) is 0 Å². The van der Waals surface area contributed by atoms with E-state index in [-0.39, 0.29) is 24.2 Å². The third-order valence-electron chi connectivity index (χ3n) is 4.59. The molecule has 2 amide bonds. The highest BCUT2D eigenvalue weighted by atomic mass is 16.5. The van der Waals surface area contributed by atoms with Crippen LogP contribution in [-0.2, 0) is 16.1 Å². The molecule has 2 aromatic rings. The number of aryl methyl sites for hydroxylation is 2. The summed E-state index contributed by atoms with van der Waals surface area (Å²) < 4.78 is 7.08. The van der Waals surface area contributed by atoms with Gasteiger partial charge >= 0.3 is 0 Å². The zero-order valence-electron chi connectivity index (χ0n) is 15.4. The summed E-state index contributed by atoms with van der Waals surface area (Å²) in [5, 5.41) is 7.30. The fourth-order valence-corrected chi connectivity index (χ4v) is 3.24. The summed E-state index contributed by atoms with van der Waals surface area (Å²) in [5.74, 6) is 0.212. The topological polar surface area (TPSA) is 76.5 Å². The van der Waals surface area contributed by atoms with Crippen molar-refractivity contribution in [2.24, 2.45) is 5.92 Å². The molecule has 0 spiro atoms. The average molecular weight is 356 g/mol. The number of carbonyl (C=O) groups is 2. The SMILES string of the molecule is COc1cccc(N2C[C@@H](C(=O)NCCn3nc(C)cc3C)CC2=O)c1. The van der Waals surface area contributed by atoms with Crippen LogP contribution in [0.2, 0.25) is 0 Å². The van der Waals surface area contributed by atoms with Crippen molar-refractivity contribution >= 4 is 17.5 Å². The van der Waals surface area contributed by atoms with Crippen LogP contribution in [0.25, 0.3) is 0 Å². The molecule has 1 aliphatic heterocycles. The van der Waals surface area contributed by atoms with Crippen LogP contribution in [0.5, 0.6) is 5.75 Å². The molecule has 1 aromatic carbocycles. The summed E-state index contributed by atoms with van der Waals surface area (Å²) in [6.45, 7) is 5.43. The van der Waals surface area contributed by atoms with Crippen LogP contribution in [0.3, 0.4) is 0 Å². The second-order valence-corrected chi connectivity index (χ2v) is 6.55. The first kappa shape index (κ1) is 18.0. The lowest BCUT2D eigenvalue weighted by Gasteiger charge is -2.17. The Morgan fingerprint density at radius 3 is 2.85 bits per heavy atom. The number of benzene rings is 1. The molecule has 1 aromatic heterocycles. The van der Waals surface area contributed by atoms with Crippen LogP contribution < -0.4 is 15.0 Å². The van der Waals surface area contributed by atoms with Crippen LogP contribution in [0, 0.1) is 19.8 Å². The lowest BCUT2D eigenvalue weighted by atomic mass is 10.1. The molecule has 1 N–H and O–H groups in total. The number of hydrogen-bond donors (Lipinski definition) is 1. The van der Waals surface area contributed by atoms with E-state index in [9.17, 15) is 9.59 Å². The van der Waals surface area contributed by atoms with Crippen molar-refractivity contribution in [3.05, 3.63) is 41.7 Å². The first-order valence-electron chi connectivity index (χ1n) is 8.71. The van der Waals surface area contributed by atoms with E-state index < -0.39 is 0 Å². The molecule has 0 bridgehead atoms. The zero-order chi connectivity index (χ0) is 18.7. The summed E-state index contributed by atoms with van der Waals surface area (Å²) >= 11 is 0. The number of nitrogens with one attached hydrogen (secondary N) is 1. The van der Waals surface area contributed by atoms with Gasteiger partial charge in [0.1, 0.15) is 5.75 Å². The van der Waals surface area contributed by atoms with Gasteiger partial charge < -0.3 is 15.0 Å². The van der Waals surface area contributed by atoms with Gasteiger partial charge in [0, 0.05) is 37.0 Å². The number of rotatable bonds is 6. The summed E-state index contributed by atoms with van der Waals surface area (Å²) in [6.07, 6.45) is 0.225. The van der Waals surface area contributed by atoms with Crippen LogP contribution in [0.4, 0.5) is 5.69 Å². The summed E-state index contributed by atoms with van der Waals surface area (Å²) in [4.78, 5) is 26.4. The molecule has 0 radical (unpaired) electrons. The number of hydrogen-bond acceptors (Lipinski definition) is 4. The highest BCUT2D eigenvalue weighted by Gasteiger charge is 2.35. The van der Waals surface area contributed by atoms with Gasteiger partial charge in [-0.1, -0.05) is 6.07 Å². The van der Waals surface area contributed by atoms with Crippen molar-refractivity contribution in [2.75, 3.05) is 25.1 Å². The molecular weight excluding hydrogens is 332 g/mol. The van der Waals surface area contributed by atoms with Crippen molar-refractivity contribution < 1.29 is 14.3 Å². The average Bonchev–Trinajstić information content (AvgIpc) is 3.17. The van der Waals surface area contributed by atoms with Gasteiger partial charge in [-0.05, 0) is 32.0 Å². The molecule has 0 unspecified atom stereocenters. The number of aromatic nitrogens is 2. The van der Waals surface area contributed by atoms with Crippen LogP contribution in [-0.4, -0.2) is 41.8 Å². The van der Waals surface area contributed by atoms with Crippen molar-refractivity contribution in [2.45, 2.75) is 26.8 Å². The van der Waals surface area contributed by atoms with Crippen molar-refractivity contribution in [1.82, 2.24) is 15.1 Å². The quantitative estimate of drug-likeness (QED) is 0.854. The Hall–Kier alpha value is -2.83. The summed E-state index contributed by atoms with van der Waals surface area (Å²) in [5.41, 5.74) is 2.79. The monoisotopic (exact) mass is 356 g/mol. The highest BCUT2D eigenvalue weighted by Crippen LogP contribution is 2.27. The molecule has 1 atom stereocenters. The Labute approximate surface area is 152 Å². The summed E-state index contributed by atoms with van der Waals surface area (Å²) in [6, 6.07) is 9.32. The molecular formula is C19H24N4O3. The van der Waals surface area contributed by atoms with Crippen LogP contribution in [0.15, 0.2) is 30.3 Å². The van der Waals surface area contributed by atoms with E-state index in [4.69, 9.17) is 4.74 Å². The standard InChI is InChI=1S/C19H24N4O3/c1-13-9-14(2)23(21-13)8-7-20-19(25)15-10-18(24)22(12-15)16-5-4-6-17(11-16)26-3/h4-6,9,11,15H,7-8,10,12H2,1-3H3,(H,20,25)/t15-/m0/s1. The van der Waals surface area contributed by atoms with E-state index in [0.717, 1.165) is 17.1 Å². The second kappa shape index (κ2) is 7.59. The molecule has 0 saturated carbocycles. The number of ether oxygens (including phenoxy) is 1. The fourth-order valence-electron chi connectivity index (χ4n) is 3.24.